The van der Waals surface area contributed by atoms with Crippen molar-refractivity contribution in [2.45, 2.75) is 25.7 Å². The molecule has 0 atom stereocenters. The van der Waals surface area contributed by atoms with E-state index in [1.54, 1.807) is 0 Å². The second kappa shape index (κ2) is 5.55. The first kappa shape index (κ1) is 15.0. The molecule has 0 spiro atoms. The number of benzene rings is 2. The summed E-state index contributed by atoms with van der Waals surface area (Å²) in [6.07, 6.45) is 0.910. The van der Waals surface area contributed by atoms with E-state index in [0.29, 0.717) is 21.4 Å². The molecule has 0 aliphatic rings. The smallest absolute Gasteiger partial charge is 0.0638 e. The average Bonchev–Trinajstić information content (AvgIpc) is 2.44. The fourth-order valence-electron chi connectivity index (χ4n) is 2.32. The Balaban J connectivity index is 2.57. The summed E-state index contributed by atoms with van der Waals surface area (Å²) in [5.74, 6) is 0. The maximum Gasteiger partial charge on any atom is 0.0638 e. The fourth-order valence-corrected chi connectivity index (χ4v) is 2.68. The Morgan fingerprint density at radius 2 is 1.30 bits per heavy atom. The van der Waals surface area contributed by atoms with Gasteiger partial charge in [0.1, 0.15) is 0 Å². The Labute approximate surface area is 129 Å². The summed E-state index contributed by atoms with van der Waals surface area (Å²) in [6, 6.07) is 11.5. The van der Waals surface area contributed by atoms with E-state index in [0.717, 1.165) is 17.5 Å². The van der Waals surface area contributed by atoms with Crippen LogP contribution in [-0.4, -0.2) is 0 Å². The van der Waals surface area contributed by atoms with Gasteiger partial charge in [0.15, 0.2) is 0 Å². The Morgan fingerprint density at radius 1 is 0.900 bits per heavy atom. The van der Waals surface area contributed by atoms with Crippen LogP contribution < -0.4 is 11.5 Å². The van der Waals surface area contributed by atoms with Gasteiger partial charge in [-0.2, -0.15) is 0 Å². The van der Waals surface area contributed by atoms with Gasteiger partial charge in [0.25, 0.3) is 0 Å². The summed E-state index contributed by atoms with van der Waals surface area (Å²) in [4.78, 5) is 0. The molecule has 0 fully saturated rings. The first-order chi connectivity index (χ1) is 9.38. The van der Waals surface area contributed by atoms with Crippen LogP contribution in [-0.2, 0) is 5.41 Å². The molecule has 4 heteroatoms. The van der Waals surface area contributed by atoms with E-state index in [-0.39, 0.29) is 5.41 Å². The lowest BCUT2D eigenvalue weighted by Crippen LogP contribution is -2.22. The standard InChI is InChI=1S/C16H18Cl2N2/c1-3-16(2,10-4-6-14(19)12(17)8-10)11-5-7-15(20)13(18)9-11/h4-9H,3,19-20H2,1-2H3. The van der Waals surface area contributed by atoms with Crippen molar-refractivity contribution in [1.29, 1.82) is 0 Å². The number of nitrogen functional groups attached to an aromatic ring is 2. The molecule has 2 nitrogen and oxygen atoms in total. The molecule has 0 aromatic heterocycles. The van der Waals surface area contributed by atoms with Crippen LogP contribution in [0.2, 0.25) is 10.0 Å². The van der Waals surface area contributed by atoms with E-state index in [2.05, 4.69) is 13.8 Å². The number of anilines is 2. The van der Waals surface area contributed by atoms with Gasteiger partial charge in [0.05, 0.1) is 21.4 Å². The van der Waals surface area contributed by atoms with Crippen molar-refractivity contribution in [3.8, 4) is 0 Å². The van der Waals surface area contributed by atoms with Gasteiger partial charge in [-0.25, -0.2) is 0 Å². The van der Waals surface area contributed by atoms with Crippen LogP contribution in [0.4, 0.5) is 11.4 Å². The van der Waals surface area contributed by atoms with Crippen LogP contribution in [0, 0.1) is 0 Å². The summed E-state index contributed by atoms with van der Waals surface area (Å²) < 4.78 is 0. The molecule has 0 aliphatic carbocycles. The highest BCUT2D eigenvalue weighted by Crippen LogP contribution is 2.39. The number of hydrogen-bond donors (Lipinski definition) is 2. The topological polar surface area (TPSA) is 52.0 Å². The van der Waals surface area contributed by atoms with Crippen LogP contribution >= 0.6 is 23.2 Å². The molecule has 0 saturated heterocycles. The van der Waals surface area contributed by atoms with E-state index in [9.17, 15) is 0 Å². The minimum Gasteiger partial charge on any atom is -0.398 e. The number of halogens is 2. The summed E-state index contributed by atoms with van der Waals surface area (Å²) >= 11 is 12.3. The zero-order valence-corrected chi connectivity index (χ0v) is 13.1. The highest BCUT2D eigenvalue weighted by atomic mass is 35.5. The van der Waals surface area contributed by atoms with Crippen molar-refractivity contribution >= 4 is 34.6 Å². The van der Waals surface area contributed by atoms with Crippen molar-refractivity contribution in [2.75, 3.05) is 11.5 Å². The maximum atomic E-state index is 6.15. The molecular weight excluding hydrogens is 291 g/mol. The molecule has 20 heavy (non-hydrogen) atoms. The monoisotopic (exact) mass is 308 g/mol. The molecule has 0 saturated carbocycles. The normalized spacial score (nSPS) is 11.6. The Hall–Kier alpha value is -1.38. The van der Waals surface area contributed by atoms with Crippen molar-refractivity contribution < 1.29 is 0 Å². The van der Waals surface area contributed by atoms with Crippen molar-refractivity contribution in [3.63, 3.8) is 0 Å². The summed E-state index contributed by atoms with van der Waals surface area (Å²) in [7, 11) is 0. The van der Waals surface area contributed by atoms with E-state index < -0.39 is 0 Å². The van der Waals surface area contributed by atoms with Crippen molar-refractivity contribution in [3.05, 3.63) is 57.6 Å². The van der Waals surface area contributed by atoms with E-state index in [1.165, 1.54) is 0 Å². The largest absolute Gasteiger partial charge is 0.398 e. The van der Waals surface area contributed by atoms with Gasteiger partial charge in [-0.05, 0) is 41.8 Å². The predicted octanol–water partition coefficient (Wildman–Crippen LogP) is 4.87. The first-order valence-corrected chi connectivity index (χ1v) is 7.25. The average molecular weight is 309 g/mol. The fraction of sp³-hybridized carbons (Fsp3) is 0.250. The maximum absolute atomic E-state index is 6.15. The molecule has 0 radical (unpaired) electrons. The minimum absolute atomic E-state index is 0.186. The molecule has 2 aromatic rings. The lowest BCUT2D eigenvalue weighted by atomic mass is 9.74. The molecule has 0 unspecified atom stereocenters. The van der Waals surface area contributed by atoms with E-state index in [1.807, 2.05) is 36.4 Å². The SMILES string of the molecule is CCC(C)(c1ccc(N)c(Cl)c1)c1ccc(N)c(Cl)c1. The minimum atomic E-state index is -0.186. The van der Waals surface area contributed by atoms with Gasteiger partial charge < -0.3 is 11.5 Å². The number of hydrogen-bond acceptors (Lipinski definition) is 2. The lowest BCUT2D eigenvalue weighted by Gasteiger charge is -2.30. The highest BCUT2D eigenvalue weighted by molar-refractivity contribution is 6.33. The van der Waals surface area contributed by atoms with Crippen LogP contribution in [0.15, 0.2) is 36.4 Å². The third-order valence-electron chi connectivity index (χ3n) is 3.98. The zero-order chi connectivity index (χ0) is 14.9. The van der Waals surface area contributed by atoms with E-state index in [4.69, 9.17) is 34.7 Å². The van der Waals surface area contributed by atoms with Crippen LogP contribution in [0.25, 0.3) is 0 Å². The molecule has 4 N–H and O–H groups in total. The van der Waals surface area contributed by atoms with Gasteiger partial charge >= 0.3 is 0 Å². The van der Waals surface area contributed by atoms with Crippen molar-refractivity contribution in [2.24, 2.45) is 0 Å². The van der Waals surface area contributed by atoms with Crippen LogP contribution in [0.5, 0.6) is 0 Å². The second-order valence-corrected chi connectivity index (χ2v) is 5.97. The highest BCUT2D eigenvalue weighted by Gasteiger charge is 2.28. The molecule has 106 valence electrons. The van der Waals surface area contributed by atoms with Crippen molar-refractivity contribution in [1.82, 2.24) is 0 Å². The van der Waals surface area contributed by atoms with Gasteiger partial charge in [-0.1, -0.05) is 49.2 Å². The van der Waals surface area contributed by atoms with Crippen LogP contribution in [0.1, 0.15) is 31.4 Å². The molecule has 0 aliphatic heterocycles. The quantitative estimate of drug-likeness (QED) is 0.794. The molecule has 2 rings (SSSR count). The molecule has 2 aromatic carbocycles. The summed E-state index contributed by atoms with van der Waals surface area (Å²) in [6.45, 7) is 4.30. The van der Waals surface area contributed by atoms with Gasteiger partial charge in [0.2, 0.25) is 0 Å². The molecule has 0 heterocycles. The number of rotatable bonds is 3. The third-order valence-corrected chi connectivity index (χ3v) is 4.64. The zero-order valence-electron chi connectivity index (χ0n) is 11.6. The molecule has 0 bridgehead atoms. The van der Waals surface area contributed by atoms with Crippen LogP contribution in [0.3, 0.4) is 0 Å². The Bertz CT molecular complexity index is 587. The summed E-state index contributed by atoms with van der Waals surface area (Å²) in [5, 5.41) is 1.15. The number of nitrogens with two attached hydrogens (primary N) is 2. The Morgan fingerprint density at radius 3 is 1.60 bits per heavy atom. The summed E-state index contributed by atoms with van der Waals surface area (Å²) in [5.41, 5.74) is 14.8. The lowest BCUT2D eigenvalue weighted by molar-refractivity contribution is 0.550. The Kier molecular flexibility index (Phi) is 4.17. The predicted molar refractivity (Wildman–Crippen MR) is 88.5 cm³/mol. The third kappa shape index (κ3) is 2.58. The molecule has 0 amide bonds. The van der Waals surface area contributed by atoms with E-state index >= 15 is 0 Å². The second-order valence-electron chi connectivity index (χ2n) is 5.16. The van der Waals surface area contributed by atoms with Gasteiger partial charge in [-0.15, -0.1) is 0 Å². The first-order valence-electron chi connectivity index (χ1n) is 6.49. The molecular formula is C16H18Cl2N2. The van der Waals surface area contributed by atoms with Gasteiger partial charge in [0, 0.05) is 5.41 Å². The van der Waals surface area contributed by atoms with Gasteiger partial charge in [-0.3, -0.25) is 0 Å².